The molecule has 0 spiro atoms. The number of carbonyl (C=O) groups excluding carboxylic acids is 1. The number of amides is 1. The minimum Gasteiger partial charge on any atom is -0.497 e. The molecular formula is C23H21N5O5. The summed E-state index contributed by atoms with van der Waals surface area (Å²) in [6.07, 6.45) is -0.711. The zero-order chi connectivity index (χ0) is 22.6. The van der Waals surface area contributed by atoms with Crippen LogP contribution >= 0.6 is 0 Å². The van der Waals surface area contributed by atoms with Gasteiger partial charge in [-0.1, -0.05) is 24.3 Å². The van der Waals surface area contributed by atoms with Crippen molar-refractivity contribution in [3.05, 3.63) is 60.7 Å². The minimum absolute atomic E-state index is 0.155. The van der Waals surface area contributed by atoms with Gasteiger partial charge in [-0.2, -0.15) is 4.52 Å². The number of benzene rings is 2. The highest BCUT2D eigenvalue weighted by molar-refractivity contribution is 5.81. The molecule has 10 nitrogen and oxygen atoms in total. The van der Waals surface area contributed by atoms with E-state index in [0.29, 0.717) is 34.6 Å². The van der Waals surface area contributed by atoms with Gasteiger partial charge in [-0.3, -0.25) is 4.79 Å². The van der Waals surface area contributed by atoms with Gasteiger partial charge >= 0.3 is 0 Å². The monoisotopic (exact) mass is 447 g/mol. The number of ether oxygens (including phenoxy) is 4. The van der Waals surface area contributed by atoms with E-state index < -0.39 is 6.10 Å². The van der Waals surface area contributed by atoms with Crippen LogP contribution in [0.5, 0.6) is 23.1 Å². The van der Waals surface area contributed by atoms with Crippen LogP contribution in [0.15, 0.2) is 60.7 Å². The molecule has 10 heteroatoms. The summed E-state index contributed by atoms with van der Waals surface area (Å²) in [5.41, 5.74) is 1.40. The molecule has 4 aromatic rings. The van der Waals surface area contributed by atoms with Crippen LogP contribution in [0.3, 0.4) is 0 Å². The van der Waals surface area contributed by atoms with Crippen LogP contribution in [0, 0.1) is 0 Å². The molecule has 2 aromatic carbocycles. The summed E-state index contributed by atoms with van der Waals surface area (Å²) in [4.78, 5) is 12.4. The van der Waals surface area contributed by atoms with Crippen molar-refractivity contribution < 1.29 is 23.7 Å². The number of para-hydroxylation sites is 2. The molecule has 1 aliphatic rings. The normalized spacial score (nSPS) is 14.6. The summed E-state index contributed by atoms with van der Waals surface area (Å²) in [7, 11) is 1.61. The average molecular weight is 447 g/mol. The van der Waals surface area contributed by atoms with E-state index in [9.17, 15) is 4.79 Å². The van der Waals surface area contributed by atoms with Crippen molar-refractivity contribution in [3.8, 4) is 34.5 Å². The third-order valence-corrected chi connectivity index (χ3v) is 5.02. The average Bonchev–Trinajstić information content (AvgIpc) is 3.29. The number of hydrogen-bond donors (Lipinski definition) is 1. The van der Waals surface area contributed by atoms with E-state index in [1.807, 2.05) is 36.4 Å². The molecule has 5 rings (SSSR count). The quantitative estimate of drug-likeness (QED) is 0.429. The fourth-order valence-corrected chi connectivity index (χ4v) is 3.38. The lowest BCUT2D eigenvalue weighted by molar-refractivity contribution is -0.130. The summed E-state index contributed by atoms with van der Waals surface area (Å²) in [5.74, 6) is 2.58. The zero-order valence-corrected chi connectivity index (χ0v) is 17.8. The maximum absolute atomic E-state index is 12.4. The van der Waals surface area contributed by atoms with Crippen LogP contribution in [0.1, 0.15) is 0 Å². The molecule has 0 radical (unpaired) electrons. The summed E-state index contributed by atoms with van der Waals surface area (Å²) in [6.45, 7) is 0.665. The van der Waals surface area contributed by atoms with Crippen molar-refractivity contribution in [2.45, 2.75) is 6.10 Å². The number of nitrogens with zero attached hydrogens (tertiary/aromatic N) is 4. The molecule has 33 heavy (non-hydrogen) atoms. The van der Waals surface area contributed by atoms with Gasteiger partial charge in [0, 0.05) is 11.6 Å². The van der Waals surface area contributed by atoms with E-state index >= 15 is 0 Å². The fourth-order valence-electron chi connectivity index (χ4n) is 3.38. The van der Waals surface area contributed by atoms with E-state index in [1.54, 1.807) is 35.9 Å². The molecule has 0 saturated heterocycles. The number of nitrogens with one attached hydrogen (secondary N) is 1. The molecule has 0 saturated carbocycles. The lowest BCUT2D eigenvalue weighted by Gasteiger charge is -2.25. The molecule has 168 valence electrons. The van der Waals surface area contributed by atoms with Crippen LogP contribution in [-0.2, 0) is 4.79 Å². The van der Waals surface area contributed by atoms with Gasteiger partial charge in [0.1, 0.15) is 19.0 Å². The summed E-state index contributed by atoms with van der Waals surface area (Å²) < 4.78 is 23.9. The molecule has 3 heterocycles. The fraction of sp³-hybridized carbons (Fsp3) is 0.217. The first-order chi connectivity index (χ1) is 16.2. The first kappa shape index (κ1) is 20.6. The van der Waals surface area contributed by atoms with E-state index in [1.165, 1.54) is 0 Å². The number of hydrogen-bond acceptors (Lipinski definition) is 8. The molecule has 0 fully saturated rings. The van der Waals surface area contributed by atoms with Crippen molar-refractivity contribution in [2.75, 3.05) is 26.9 Å². The molecule has 1 N–H and O–H groups in total. The Morgan fingerprint density at radius 2 is 2.00 bits per heavy atom. The van der Waals surface area contributed by atoms with Crippen molar-refractivity contribution in [2.24, 2.45) is 0 Å². The third-order valence-electron chi connectivity index (χ3n) is 5.02. The molecule has 1 aliphatic heterocycles. The maximum Gasteiger partial charge on any atom is 0.264 e. The highest BCUT2D eigenvalue weighted by Gasteiger charge is 2.26. The predicted molar refractivity (Wildman–Crippen MR) is 118 cm³/mol. The maximum atomic E-state index is 12.4. The Bertz CT molecular complexity index is 1290. The molecule has 0 aliphatic carbocycles. The second-order valence-corrected chi connectivity index (χ2v) is 7.20. The van der Waals surface area contributed by atoms with Gasteiger partial charge in [0.15, 0.2) is 23.0 Å². The van der Waals surface area contributed by atoms with Gasteiger partial charge in [0.05, 0.1) is 13.7 Å². The standard InChI is InChI=1S/C23H21N5O5/c1-30-16-6-4-5-15(13-16)22-26-25-20-9-10-21(27-28(20)22)31-12-11-24-23(29)19-14-32-17-7-2-3-8-18(17)33-19/h2-10,13,19H,11-12,14H2,1H3,(H,24,29). The Morgan fingerprint density at radius 3 is 2.88 bits per heavy atom. The summed E-state index contributed by atoms with van der Waals surface area (Å²) in [5, 5.41) is 15.6. The Hall–Kier alpha value is -4.34. The highest BCUT2D eigenvalue weighted by Crippen LogP contribution is 2.30. The Kier molecular flexibility index (Phi) is 5.62. The van der Waals surface area contributed by atoms with E-state index in [4.69, 9.17) is 18.9 Å². The first-order valence-corrected chi connectivity index (χ1v) is 10.4. The third kappa shape index (κ3) is 4.36. The van der Waals surface area contributed by atoms with Crippen molar-refractivity contribution in [1.82, 2.24) is 25.1 Å². The van der Waals surface area contributed by atoms with E-state index in [2.05, 4.69) is 20.6 Å². The zero-order valence-electron chi connectivity index (χ0n) is 17.8. The second-order valence-electron chi connectivity index (χ2n) is 7.20. The topological polar surface area (TPSA) is 109 Å². The van der Waals surface area contributed by atoms with Crippen LogP contribution in [-0.4, -0.2) is 58.7 Å². The molecule has 1 unspecified atom stereocenters. The Morgan fingerprint density at radius 1 is 1.12 bits per heavy atom. The van der Waals surface area contributed by atoms with Gasteiger partial charge in [-0.05, 0) is 30.3 Å². The number of rotatable bonds is 7. The molecular weight excluding hydrogens is 426 g/mol. The van der Waals surface area contributed by atoms with Crippen LogP contribution in [0.25, 0.3) is 17.0 Å². The lowest BCUT2D eigenvalue weighted by Crippen LogP contribution is -2.45. The van der Waals surface area contributed by atoms with Crippen LogP contribution < -0.4 is 24.3 Å². The van der Waals surface area contributed by atoms with Gasteiger partial charge in [0.25, 0.3) is 5.91 Å². The largest absolute Gasteiger partial charge is 0.497 e. The van der Waals surface area contributed by atoms with Crippen molar-refractivity contribution >= 4 is 11.6 Å². The molecule has 1 atom stereocenters. The number of methoxy groups -OCH3 is 1. The Balaban J connectivity index is 1.19. The number of carbonyl (C=O) groups is 1. The Labute approximate surface area is 189 Å². The van der Waals surface area contributed by atoms with Gasteiger partial charge in [-0.15, -0.1) is 15.3 Å². The molecule has 2 aromatic heterocycles. The smallest absolute Gasteiger partial charge is 0.264 e. The summed E-state index contributed by atoms with van der Waals surface area (Å²) >= 11 is 0. The van der Waals surface area contributed by atoms with E-state index in [0.717, 1.165) is 5.56 Å². The molecule has 1 amide bonds. The molecule has 0 bridgehead atoms. The first-order valence-electron chi connectivity index (χ1n) is 10.4. The SMILES string of the molecule is COc1cccc(-c2nnc3ccc(OCCNC(=O)C4COc5ccccc5O4)nn23)c1. The number of fused-ring (bicyclic) bond motifs is 2. The van der Waals surface area contributed by atoms with Crippen LogP contribution in [0.4, 0.5) is 0 Å². The lowest BCUT2D eigenvalue weighted by atomic mass is 10.2. The minimum atomic E-state index is -0.711. The van der Waals surface area contributed by atoms with Crippen molar-refractivity contribution in [1.29, 1.82) is 0 Å². The predicted octanol–water partition coefficient (Wildman–Crippen LogP) is 2.13. The number of aromatic nitrogens is 4. The van der Waals surface area contributed by atoms with Gasteiger partial charge < -0.3 is 24.3 Å². The van der Waals surface area contributed by atoms with E-state index in [-0.39, 0.29) is 25.7 Å². The highest BCUT2D eigenvalue weighted by atomic mass is 16.6. The van der Waals surface area contributed by atoms with Crippen LogP contribution in [0.2, 0.25) is 0 Å². The summed E-state index contributed by atoms with van der Waals surface area (Å²) in [6, 6.07) is 18.2. The van der Waals surface area contributed by atoms with Gasteiger partial charge in [0.2, 0.25) is 12.0 Å². The van der Waals surface area contributed by atoms with Crippen molar-refractivity contribution in [3.63, 3.8) is 0 Å². The second kappa shape index (κ2) is 9.03. The van der Waals surface area contributed by atoms with Gasteiger partial charge in [-0.25, -0.2) is 0 Å².